The Balaban J connectivity index is 1.53. The maximum absolute atomic E-state index is 13.1. The number of aromatic amines is 1. The Hall–Kier alpha value is -4.19. The van der Waals surface area contributed by atoms with Gasteiger partial charge in [0.05, 0.1) is 18.2 Å². The third-order valence-electron chi connectivity index (χ3n) is 5.11. The highest BCUT2D eigenvalue weighted by atomic mass is 16.5. The molecule has 0 aliphatic carbocycles. The van der Waals surface area contributed by atoms with E-state index in [1.165, 1.54) is 6.33 Å². The van der Waals surface area contributed by atoms with Crippen molar-refractivity contribution in [1.29, 1.82) is 0 Å². The molecule has 0 radical (unpaired) electrons. The first-order chi connectivity index (χ1) is 14.7. The zero-order valence-corrected chi connectivity index (χ0v) is 16.2. The minimum absolute atomic E-state index is 0.187. The van der Waals surface area contributed by atoms with Crippen LogP contribution in [0.3, 0.4) is 0 Å². The van der Waals surface area contributed by atoms with Gasteiger partial charge in [-0.2, -0.15) is 0 Å². The molecule has 0 aliphatic heterocycles. The van der Waals surface area contributed by atoms with E-state index in [9.17, 15) is 4.79 Å². The van der Waals surface area contributed by atoms with E-state index < -0.39 is 0 Å². The van der Waals surface area contributed by atoms with E-state index in [0.29, 0.717) is 17.0 Å². The number of anilines is 1. The lowest BCUT2D eigenvalue weighted by Gasteiger charge is -2.12. The van der Waals surface area contributed by atoms with E-state index in [0.717, 1.165) is 32.9 Å². The highest BCUT2D eigenvalue weighted by Crippen LogP contribution is 2.32. The van der Waals surface area contributed by atoms with Gasteiger partial charge in [0.1, 0.15) is 12.1 Å². The molecule has 5 aromatic rings. The van der Waals surface area contributed by atoms with E-state index in [4.69, 9.17) is 4.74 Å². The summed E-state index contributed by atoms with van der Waals surface area (Å²) in [6, 6.07) is 19.3. The highest BCUT2D eigenvalue weighted by molar-refractivity contribution is 6.17. The summed E-state index contributed by atoms with van der Waals surface area (Å²) < 4.78 is 5.46. The number of hydrogen-bond donors (Lipinski definition) is 2. The number of methoxy groups -OCH3 is 1. The van der Waals surface area contributed by atoms with Gasteiger partial charge in [0.2, 0.25) is 0 Å². The molecule has 6 nitrogen and oxygen atoms in total. The average Bonchev–Trinajstić information content (AvgIpc) is 3.18. The fraction of sp³-hybridized carbons (Fsp3) is 0.0417. The highest BCUT2D eigenvalue weighted by Gasteiger charge is 2.15. The number of hydrogen-bond acceptors (Lipinski definition) is 4. The number of benzene rings is 3. The third-order valence-corrected chi connectivity index (χ3v) is 5.11. The Bertz CT molecular complexity index is 1380. The first-order valence-electron chi connectivity index (χ1n) is 9.49. The van der Waals surface area contributed by atoms with Crippen LogP contribution >= 0.6 is 0 Å². The van der Waals surface area contributed by atoms with Gasteiger partial charge >= 0.3 is 0 Å². The minimum Gasteiger partial charge on any atom is -0.496 e. The van der Waals surface area contributed by atoms with Gasteiger partial charge in [-0.15, -0.1) is 0 Å². The normalized spacial score (nSPS) is 11.0. The zero-order valence-electron chi connectivity index (χ0n) is 16.2. The second-order valence-corrected chi connectivity index (χ2v) is 6.90. The molecule has 0 bridgehead atoms. The van der Waals surface area contributed by atoms with Crippen molar-refractivity contribution >= 4 is 33.4 Å². The summed E-state index contributed by atoms with van der Waals surface area (Å²) in [5.41, 5.74) is 4.68. The fourth-order valence-corrected chi connectivity index (χ4v) is 3.71. The van der Waals surface area contributed by atoms with Gasteiger partial charge in [-0.05, 0) is 30.3 Å². The first kappa shape index (κ1) is 17.9. The number of carbonyl (C=O) groups is 1. The zero-order chi connectivity index (χ0) is 20.5. The molecule has 2 N–H and O–H groups in total. The maximum Gasteiger partial charge on any atom is 0.257 e. The van der Waals surface area contributed by atoms with Crippen molar-refractivity contribution in [3.63, 3.8) is 0 Å². The smallest absolute Gasteiger partial charge is 0.257 e. The number of aromatic nitrogens is 3. The van der Waals surface area contributed by atoms with Crippen molar-refractivity contribution < 1.29 is 9.53 Å². The average molecular weight is 394 g/mol. The second kappa shape index (κ2) is 7.33. The third kappa shape index (κ3) is 3.04. The summed E-state index contributed by atoms with van der Waals surface area (Å²) in [4.78, 5) is 24.6. The molecule has 0 unspecified atom stereocenters. The molecular weight excluding hydrogens is 376 g/mol. The quantitative estimate of drug-likeness (QED) is 0.448. The molecule has 2 aromatic heterocycles. The molecule has 6 heteroatoms. The topological polar surface area (TPSA) is 79.9 Å². The Morgan fingerprint density at radius 3 is 2.60 bits per heavy atom. The van der Waals surface area contributed by atoms with Crippen molar-refractivity contribution in [1.82, 2.24) is 15.0 Å². The SMILES string of the molecule is COc1ccc(NC(=O)c2cccc3c2[nH]c2ccccc23)cc1-c1cncnc1. The van der Waals surface area contributed by atoms with Crippen LogP contribution in [0.25, 0.3) is 32.9 Å². The molecule has 0 fully saturated rings. The maximum atomic E-state index is 13.1. The second-order valence-electron chi connectivity index (χ2n) is 6.90. The number of para-hydroxylation sites is 2. The van der Waals surface area contributed by atoms with Crippen LogP contribution in [-0.2, 0) is 0 Å². The van der Waals surface area contributed by atoms with Crippen LogP contribution in [0.1, 0.15) is 10.4 Å². The van der Waals surface area contributed by atoms with E-state index in [-0.39, 0.29) is 5.91 Å². The van der Waals surface area contributed by atoms with E-state index in [1.54, 1.807) is 19.5 Å². The van der Waals surface area contributed by atoms with Gasteiger partial charge in [0.25, 0.3) is 5.91 Å². The van der Waals surface area contributed by atoms with Crippen LogP contribution in [0, 0.1) is 0 Å². The van der Waals surface area contributed by atoms with Crippen LogP contribution in [0.15, 0.2) is 79.4 Å². The van der Waals surface area contributed by atoms with Crippen LogP contribution in [0.5, 0.6) is 5.75 Å². The number of rotatable bonds is 4. The molecule has 1 amide bonds. The predicted molar refractivity (Wildman–Crippen MR) is 118 cm³/mol. The number of amides is 1. The van der Waals surface area contributed by atoms with Crippen LogP contribution in [0.4, 0.5) is 5.69 Å². The lowest BCUT2D eigenvalue weighted by Crippen LogP contribution is -2.12. The molecule has 146 valence electrons. The van der Waals surface area contributed by atoms with E-state index in [2.05, 4.69) is 20.3 Å². The molecule has 0 saturated heterocycles. The number of ether oxygens (including phenoxy) is 1. The summed E-state index contributed by atoms with van der Waals surface area (Å²) in [5, 5.41) is 5.12. The summed E-state index contributed by atoms with van der Waals surface area (Å²) in [5.74, 6) is 0.494. The van der Waals surface area contributed by atoms with Crippen LogP contribution < -0.4 is 10.1 Å². The Labute approximate surface area is 172 Å². The lowest BCUT2D eigenvalue weighted by molar-refractivity contribution is 0.102. The fourth-order valence-electron chi connectivity index (χ4n) is 3.71. The molecule has 0 spiro atoms. The van der Waals surface area contributed by atoms with Crippen LogP contribution in [0.2, 0.25) is 0 Å². The molecule has 3 aromatic carbocycles. The van der Waals surface area contributed by atoms with Crippen molar-refractivity contribution in [2.45, 2.75) is 0 Å². The monoisotopic (exact) mass is 394 g/mol. The van der Waals surface area contributed by atoms with E-state index in [1.807, 2.05) is 60.7 Å². The van der Waals surface area contributed by atoms with Crippen molar-refractivity contribution in [3.05, 3.63) is 84.9 Å². The molecule has 0 aliphatic rings. The summed E-state index contributed by atoms with van der Waals surface area (Å²) >= 11 is 0. The van der Waals surface area contributed by atoms with Gasteiger partial charge in [-0.1, -0.05) is 30.3 Å². The van der Waals surface area contributed by atoms with Gasteiger partial charge in [-0.25, -0.2) is 9.97 Å². The van der Waals surface area contributed by atoms with E-state index >= 15 is 0 Å². The number of nitrogens with zero attached hydrogens (tertiary/aromatic N) is 2. The van der Waals surface area contributed by atoms with Crippen molar-refractivity contribution in [3.8, 4) is 16.9 Å². The summed E-state index contributed by atoms with van der Waals surface area (Å²) in [7, 11) is 1.61. The summed E-state index contributed by atoms with van der Waals surface area (Å²) in [6.07, 6.45) is 4.89. The Kier molecular flexibility index (Phi) is 4.37. The molecule has 5 rings (SSSR count). The number of carbonyl (C=O) groups excluding carboxylic acids is 1. The van der Waals surface area contributed by atoms with Gasteiger partial charge in [-0.3, -0.25) is 4.79 Å². The summed E-state index contributed by atoms with van der Waals surface area (Å²) in [6.45, 7) is 0. The molecule has 2 heterocycles. The predicted octanol–water partition coefficient (Wildman–Crippen LogP) is 5.04. The Morgan fingerprint density at radius 1 is 0.967 bits per heavy atom. The van der Waals surface area contributed by atoms with Crippen molar-refractivity contribution in [2.24, 2.45) is 0 Å². The van der Waals surface area contributed by atoms with Gasteiger partial charge in [0.15, 0.2) is 0 Å². The largest absolute Gasteiger partial charge is 0.496 e. The number of H-pyrrole nitrogens is 1. The van der Waals surface area contributed by atoms with Crippen molar-refractivity contribution in [2.75, 3.05) is 12.4 Å². The van der Waals surface area contributed by atoms with Crippen LogP contribution in [-0.4, -0.2) is 28.0 Å². The van der Waals surface area contributed by atoms with Gasteiger partial charge < -0.3 is 15.0 Å². The Morgan fingerprint density at radius 2 is 1.77 bits per heavy atom. The number of nitrogens with one attached hydrogen (secondary N) is 2. The lowest BCUT2D eigenvalue weighted by atomic mass is 10.1. The molecule has 0 atom stereocenters. The standard InChI is InChI=1S/C24H18N4O2/c1-30-22-10-9-16(11-20(22)15-12-25-14-26-13-15)27-24(29)19-7-4-6-18-17-5-2-3-8-21(17)28-23(18)19/h2-14,28H,1H3,(H,27,29). The first-order valence-corrected chi connectivity index (χ1v) is 9.49. The molecule has 0 saturated carbocycles. The molecular formula is C24H18N4O2. The molecule has 30 heavy (non-hydrogen) atoms. The minimum atomic E-state index is -0.187. The van der Waals surface area contributed by atoms with Gasteiger partial charge in [0, 0.05) is 45.5 Å². The number of fused-ring (bicyclic) bond motifs is 3.